The van der Waals surface area contributed by atoms with E-state index in [1.807, 2.05) is 4.72 Å². The molecule has 20 heavy (non-hydrogen) atoms. The van der Waals surface area contributed by atoms with Gasteiger partial charge in [0.15, 0.2) is 0 Å². The highest BCUT2D eigenvalue weighted by Crippen LogP contribution is 2.07. The first-order chi connectivity index (χ1) is 9.36. The molecule has 110 valence electrons. The molecular weight excluding hydrogens is 284 g/mol. The lowest BCUT2D eigenvalue weighted by molar-refractivity contribution is -0.142. The second-order valence-electron chi connectivity index (χ2n) is 4.01. The first kappa shape index (κ1) is 16.1. The maximum absolute atomic E-state index is 11.8. The van der Waals surface area contributed by atoms with Gasteiger partial charge in [0, 0.05) is 6.42 Å². The Morgan fingerprint density at radius 1 is 1.30 bits per heavy atom. The fourth-order valence-corrected chi connectivity index (χ4v) is 2.45. The number of benzene rings is 1. The van der Waals surface area contributed by atoms with Crippen molar-refractivity contribution in [3.63, 3.8) is 0 Å². The fourth-order valence-electron chi connectivity index (χ4n) is 1.42. The molecule has 1 amide bonds. The molecule has 0 saturated heterocycles. The van der Waals surface area contributed by atoms with Crippen molar-refractivity contribution in [1.29, 1.82) is 0 Å². The molecule has 1 aromatic rings. The molecule has 3 N–H and O–H groups in total. The number of amides is 1. The van der Waals surface area contributed by atoms with Crippen LogP contribution in [0.4, 0.5) is 0 Å². The van der Waals surface area contributed by atoms with Crippen molar-refractivity contribution in [2.45, 2.75) is 23.8 Å². The van der Waals surface area contributed by atoms with Crippen molar-refractivity contribution >= 4 is 21.9 Å². The SMILES string of the molecule is COC(=O)C(N)CCC(=O)NS(=O)(=O)c1ccccc1. The smallest absolute Gasteiger partial charge is 0.322 e. The van der Waals surface area contributed by atoms with Gasteiger partial charge in [-0.15, -0.1) is 0 Å². The first-order valence-corrected chi connectivity index (χ1v) is 7.29. The number of carbonyl (C=O) groups is 2. The monoisotopic (exact) mass is 300 g/mol. The summed E-state index contributed by atoms with van der Waals surface area (Å²) >= 11 is 0. The highest BCUT2D eigenvalue weighted by molar-refractivity contribution is 7.90. The van der Waals surface area contributed by atoms with Crippen LogP contribution >= 0.6 is 0 Å². The Labute approximate surface area is 117 Å². The van der Waals surface area contributed by atoms with Crippen molar-refractivity contribution in [3.05, 3.63) is 30.3 Å². The number of nitrogens with one attached hydrogen (secondary N) is 1. The Bertz CT molecular complexity index is 571. The molecule has 0 radical (unpaired) electrons. The van der Waals surface area contributed by atoms with E-state index in [4.69, 9.17) is 5.73 Å². The number of methoxy groups -OCH3 is 1. The molecule has 1 aromatic carbocycles. The zero-order valence-corrected chi connectivity index (χ0v) is 11.7. The minimum absolute atomic E-state index is 0.00279. The number of sulfonamides is 1. The predicted molar refractivity (Wildman–Crippen MR) is 71.0 cm³/mol. The van der Waals surface area contributed by atoms with E-state index in [0.29, 0.717) is 0 Å². The maximum atomic E-state index is 11.8. The lowest BCUT2D eigenvalue weighted by Crippen LogP contribution is -2.35. The summed E-state index contributed by atoms with van der Waals surface area (Å²) in [5, 5.41) is 0. The lowest BCUT2D eigenvalue weighted by atomic mass is 10.2. The van der Waals surface area contributed by atoms with Gasteiger partial charge in [0.1, 0.15) is 6.04 Å². The van der Waals surface area contributed by atoms with Crippen LogP contribution in [0.3, 0.4) is 0 Å². The van der Waals surface area contributed by atoms with E-state index >= 15 is 0 Å². The van der Waals surface area contributed by atoms with Gasteiger partial charge < -0.3 is 10.5 Å². The van der Waals surface area contributed by atoms with E-state index in [1.165, 1.54) is 19.2 Å². The summed E-state index contributed by atoms with van der Waals surface area (Å²) in [6.07, 6.45) is -0.189. The molecule has 0 bridgehead atoms. The summed E-state index contributed by atoms with van der Waals surface area (Å²) in [4.78, 5) is 22.6. The molecule has 7 nitrogen and oxygen atoms in total. The van der Waals surface area contributed by atoms with Gasteiger partial charge in [-0.05, 0) is 18.6 Å². The average molecular weight is 300 g/mol. The lowest BCUT2D eigenvalue weighted by Gasteiger charge is -2.09. The van der Waals surface area contributed by atoms with E-state index in [1.54, 1.807) is 18.2 Å². The molecule has 1 unspecified atom stereocenters. The summed E-state index contributed by atoms with van der Waals surface area (Å²) in [6.45, 7) is 0. The predicted octanol–water partition coefficient (Wildman–Crippen LogP) is -0.228. The third-order valence-electron chi connectivity index (χ3n) is 2.49. The summed E-state index contributed by atoms with van der Waals surface area (Å²) in [5.41, 5.74) is 5.45. The molecule has 0 saturated carbocycles. The second-order valence-corrected chi connectivity index (χ2v) is 5.69. The van der Waals surface area contributed by atoms with E-state index in [0.717, 1.165) is 0 Å². The van der Waals surface area contributed by atoms with Crippen LogP contribution in [-0.2, 0) is 24.3 Å². The average Bonchev–Trinajstić information content (AvgIpc) is 2.44. The Morgan fingerprint density at radius 2 is 1.90 bits per heavy atom. The number of hydrogen-bond acceptors (Lipinski definition) is 6. The molecule has 0 fully saturated rings. The normalized spacial score (nSPS) is 12.5. The molecule has 1 rings (SSSR count). The van der Waals surface area contributed by atoms with Crippen LogP contribution in [0.1, 0.15) is 12.8 Å². The van der Waals surface area contributed by atoms with Crippen molar-refractivity contribution in [3.8, 4) is 0 Å². The van der Waals surface area contributed by atoms with E-state index in [9.17, 15) is 18.0 Å². The van der Waals surface area contributed by atoms with Crippen molar-refractivity contribution < 1.29 is 22.7 Å². The van der Waals surface area contributed by atoms with Crippen LogP contribution in [0.5, 0.6) is 0 Å². The minimum atomic E-state index is -3.89. The number of nitrogens with two attached hydrogens (primary N) is 1. The highest BCUT2D eigenvalue weighted by atomic mass is 32.2. The number of esters is 1. The number of hydrogen-bond donors (Lipinski definition) is 2. The Hall–Kier alpha value is -1.93. The number of carbonyl (C=O) groups excluding carboxylic acids is 2. The van der Waals surface area contributed by atoms with Gasteiger partial charge in [-0.2, -0.15) is 0 Å². The Balaban J connectivity index is 2.57. The maximum Gasteiger partial charge on any atom is 0.322 e. The largest absolute Gasteiger partial charge is 0.468 e. The first-order valence-electron chi connectivity index (χ1n) is 5.81. The van der Waals surface area contributed by atoms with Crippen LogP contribution in [0.2, 0.25) is 0 Å². The third-order valence-corrected chi connectivity index (χ3v) is 3.88. The van der Waals surface area contributed by atoms with E-state index in [-0.39, 0.29) is 17.7 Å². The summed E-state index contributed by atoms with van der Waals surface area (Å²) < 4.78 is 30.0. The van der Waals surface area contributed by atoms with Crippen LogP contribution in [0.25, 0.3) is 0 Å². The standard InChI is InChI=1S/C12H16N2O5S/c1-19-12(16)10(13)7-8-11(15)14-20(17,18)9-5-3-2-4-6-9/h2-6,10H,7-8,13H2,1H3,(H,14,15). The van der Waals surface area contributed by atoms with E-state index < -0.39 is 27.9 Å². The molecule has 0 heterocycles. The van der Waals surface area contributed by atoms with Gasteiger partial charge in [-0.1, -0.05) is 18.2 Å². The van der Waals surface area contributed by atoms with Crippen LogP contribution in [0.15, 0.2) is 35.2 Å². The number of ether oxygens (including phenoxy) is 1. The number of rotatable bonds is 6. The van der Waals surface area contributed by atoms with Crippen molar-refractivity contribution in [2.24, 2.45) is 5.73 Å². The van der Waals surface area contributed by atoms with Gasteiger partial charge in [0.05, 0.1) is 12.0 Å². The van der Waals surface area contributed by atoms with Gasteiger partial charge in [0.25, 0.3) is 10.0 Å². The minimum Gasteiger partial charge on any atom is -0.468 e. The Morgan fingerprint density at radius 3 is 2.45 bits per heavy atom. The zero-order valence-electron chi connectivity index (χ0n) is 10.9. The van der Waals surface area contributed by atoms with Gasteiger partial charge in [-0.3, -0.25) is 9.59 Å². The molecule has 0 aliphatic heterocycles. The van der Waals surface area contributed by atoms with Crippen LogP contribution in [0, 0.1) is 0 Å². The molecular formula is C12H16N2O5S. The van der Waals surface area contributed by atoms with Gasteiger partial charge >= 0.3 is 5.97 Å². The molecule has 0 aliphatic carbocycles. The molecule has 0 spiro atoms. The van der Waals surface area contributed by atoms with E-state index in [2.05, 4.69) is 4.74 Å². The third kappa shape index (κ3) is 4.63. The molecule has 0 aliphatic rings. The topological polar surface area (TPSA) is 116 Å². The summed E-state index contributed by atoms with van der Waals surface area (Å²) in [7, 11) is -2.71. The van der Waals surface area contributed by atoms with Crippen molar-refractivity contribution in [1.82, 2.24) is 4.72 Å². The van der Waals surface area contributed by atoms with Crippen LogP contribution < -0.4 is 10.5 Å². The Kier molecular flexibility index (Phi) is 5.66. The molecule has 8 heteroatoms. The molecule has 1 atom stereocenters. The zero-order chi connectivity index (χ0) is 15.2. The van der Waals surface area contributed by atoms with Gasteiger partial charge in [-0.25, -0.2) is 13.1 Å². The fraction of sp³-hybridized carbons (Fsp3) is 0.333. The van der Waals surface area contributed by atoms with Gasteiger partial charge in [0.2, 0.25) is 5.91 Å². The summed E-state index contributed by atoms with van der Waals surface area (Å²) in [5.74, 6) is -1.38. The van der Waals surface area contributed by atoms with Crippen LogP contribution in [-0.4, -0.2) is 33.4 Å². The molecule has 0 aromatic heterocycles. The van der Waals surface area contributed by atoms with Crippen molar-refractivity contribution in [2.75, 3.05) is 7.11 Å². The second kappa shape index (κ2) is 7.01. The highest BCUT2D eigenvalue weighted by Gasteiger charge is 2.19. The quantitative estimate of drug-likeness (QED) is 0.701. The summed E-state index contributed by atoms with van der Waals surface area (Å²) in [6, 6.07) is 6.55.